The van der Waals surface area contributed by atoms with Gasteiger partial charge in [-0.25, -0.2) is 8.78 Å². The van der Waals surface area contributed by atoms with Crippen LogP contribution in [0.15, 0.2) is 40.2 Å². The number of rotatable bonds is 4. The van der Waals surface area contributed by atoms with Crippen molar-refractivity contribution < 1.29 is 18.1 Å². The fourth-order valence-corrected chi connectivity index (χ4v) is 2.40. The van der Waals surface area contributed by atoms with Gasteiger partial charge >= 0.3 is 0 Å². The SMILES string of the molecule is O=C(NCc1noc(-c2cccs2)n1)c1cccc(F)c1F. The highest BCUT2D eigenvalue weighted by Gasteiger charge is 2.16. The Kier molecular flexibility index (Phi) is 3.92. The molecule has 0 bridgehead atoms. The zero-order valence-corrected chi connectivity index (χ0v) is 11.9. The second-order valence-corrected chi connectivity index (χ2v) is 5.22. The van der Waals surface area contributed by atoms with Gasteiger partial charge in [-0.15, -0.1) is 11.3 Å². The first-order chi connectivity index (χ1) is 10.6. The molecule has 3 aromatic rings. The molecule has 0 fully saturated rings. The van der Waals surface area contributed by atoms with Crippen LogP contribution in [0.2, 0.25) is 0 Å². The lowest BCUT2D eigenvalue weighted by molar-refractivity contribution is 0.0944. The van der Waals surface area contributed by atoms with Crippen molar-refractivity contribution in [1.82, 2.24) is 15.5 Å². The van der Waals surface area contributed by atoms with Crippen molar-refractivity contribution in [2.75, 3.05) is 0 Å². The molecule has 2 aromatic heterocycles. The first-order valence-corrected chi connectivity index (χ1v) is 7.12. The number of hydrogen-bond acceptors (Lipinski definition) is 5. The second kappa shape index (κ2) is 6.02. The van der Waals surface area contributed by atoms with E-state index in [0.29, 0.717) is 5.89 Å². The summed E-state index contributed by atoms with van der Waals surface area (Å²) in [5.41, 5.74) is -0.373. The van der Waals surface area contributed by atoms with E-state index in [1.807, 2.05) is 17.5 Å². The summed E-state index contributed by atoms with van der Waals surface area (Å²) in [6, 6.07) is 7.07. The smallest absolute Gasteiger partial charge is 0.268 e. The number of amides is 1. The Labute approximate surface area is 127 Å². The standard InChI is InChI=1S/C14H9F2N3O2S/c15-9-4-1-3-8(12(9)16)13(20)17-7-11-18-14(21-19-11)10-5-2-6-22-10/h1-6H,7H2,(H,17,20). The number of hydrogen-bond donors (Lipinski definition) is 1. The molecule has 8 heteroatoms. The van der Waals surface area contributed by atoms with E-state index in [1.165, 1.54) is 23.5 Å². The monoisotopic (exact) mass is 321 g/mol. The zero-order valence-electron chi connectivity index (χ0n) is 11.0. The van der Waals surface area contributed by atoms with Gasteiger partial charge in [0.05, 0.1) is 17.0 Å². The Balaban J connectivity index is 1.68. The summed E-state index contributed by atoms with van der Waals surface area (Å²) in [6.07, 6.45) is 0. The second-order valence-electron chi connectivity index (χ2n) is 4.28. The summed E-state index contributed by atoms with van der Waals surface area (Å²) in [5, 5.41) is 8.00. The number of carbonyl (C=O) groups excluding carboxylic acids is 1. The Morgan fingerprint density at radius 3 is 2.91 bits per heavy atom. The lowest BCUT2D eigenvalue weighted by atomic mass is 10.2. The minimum atomic E-state index is -1.19. The summed E-state index contributed by atoms with van der Waals surface area (Å²) in [5.74, 6) is -2.43. The van der Waals surface area contributed by atoms with Gasteiger partial charge in [0.25, 0.3) is 11.8 Å². The number of halogens is 2. The largest absolute Gasteiger partial charge is 0.345 e. The highest BCUT2D eigenvalue weighted by Crippen LogP contribution is 2.22. The molecule has 112 valence electrons. The average Bonchev–Trinajstić information content (AvgIpc) is 3.18. The third kappa shape index (κ3) is 2.86. The van der Waals surface area contributed by atoms with Crippen molar-refractivity contribution >= 4 is 17.2 Å². The van der Waals surface area contributed by atoms with Crippen LogP contribution in [0.1, 0.15) is 16.2 Å². The molecular weight excluding hydrogens is 312 g/mol. The quantitative estimate of drug-likeness (QED) is 0.802. The maximum absolute atomic E-state index is 13.5. The third-order valence-corrected chi connectivity index (χ3v) is 3.66. The third-order valence-electron chi connectivity index (χ3n) is 2.80. The molecule has 1 N–H and O–H groups in total. The van der Waals surface area contributed by atoms with E-state index in [-0.39, 0.29) is 17.9 Å². The first kappa shape index (κ1) is 14.3. The van der Waals surface area contributed by atoms with Gasteiger partial charge in [-0.3, -0.25) is 4.79 Å². The van der Waals surface area contributed by atoms with Crippen LogP contribution in [0.5, 0.6) is 0 Å². The van der Waals surface area contributed by atoms with Crippen LogP contribution in [-0.4, -0.2) is 16.0 Å². The van der Waals surface area contributed by atoms with Crippen LogP contribution in [0.25, 0.3) is 10.8 Å². The molecule has 3 rings (SSSR count). The zero-order chi connectivity index (χ0) is 15.5. The number of benzene rings is 1. The number of aromatic nitrogens is 2. The molecule has 1 amide bonds. The minimum absolute atomic E-state index is 0.0519. The van der Waals surface area contributed by atoms with Crippen LogP contribution in [0, 0.1) is 11.6 Å². The Morgan fingerprint density at radius 1 is 1.27 bits per heavy atom. The van der Waals surface area contributed by atoms with Gasteiger partial charge in [-0.2, -0.15) is 4.98 Å². The number of nitrogens with zero attached hydrogens (tertiary/aromatic N) is 2. The maximum Gasteiger partial charge on any atom is 0.268 e. The lowest BCUT2D eigenvalue weighted by Crippen LogP contribution is -2.24. The fourth-order valence-electron chi connectivity index (χ4n) is 1.76. The van der Waals surface area contributed by atoms with Crippen LogP contribution < -0.4 is 5.32 Å². The fraction of sp³-hybridized carbons (Fsp3) is 0.0714. The summed E-state index contributed by atoms with van der Waals surface area (Å²) in [7, 11) is 0. The molecule has 5 nitrogen and oxygen atoms in total. The normalized spacial score (nSPS) is 10.6. The van der Waals surface area contributed by atoms with E-state index in [4.69, 9.17) is 4.52 Å². The molecule has 1 aromatic carbocycles. The highest BCUT2D eigenvalue weighted by molar-refractivity contribution is 7.13. The van der Waals surface area contributed by atoms with E-state index < -0.39 is 17.5 Å². The van der Waals surface area contributed by atoms with Gasteiger partial charge in [0.15, 0.2) is 17.5 Å². The summed E-state index contributed by atoms with van der Waals surface area (Å²) in [6.45, 7) is -0.0519. The van der Waals surface area contributed by atoms with E-state index in [2.05, 4.69) is 15.5 Å². The predicted molar refractivity (Wildman–Crippen MR) is 75.1 cm³/mol. The average molecular weight is 321 g/mol. The van der Waals surface area contributed by atoms with Gasteiger partial charge in [-0.05, 0) is 23.6 Å². The molecule has 0 saturated carbocycles. The van der Waals surface area contributed by atoms with Crippen molar-refractivity contribution in [3.63, 3.8) is 0 Å². The van der Waals surface area contributed by atoms with Gasteiger partial charge in [0, 0.05) is 0 Å². The van der Waals surface area contributed by atoms with Crippen LogP contribution >= 0.6 is 11.3 Å². The molecule has 22 heavy (non-hydrogen) atoms. The Morgan fingerprint density at radius 2 is 2.14 bits per heavy atom. The van der Waals surface area contributed by atoms with Crippen molar-refractivity contribution in [2.45, 2.75) is 6.54 Å². The molecule has 0 unspecified atom stereocenters. The first-order valence-electron chi connectivity index (χ1n) is 6.24. The minimum Gasteiger partial charge on any atom is -0.345 e. The number of nitrogens with one attached hydrogen (secondary N) is 1. The molecule has 0 aliphatic carbocycles. The Hall–Kier alpha value is -2.61. The van der Waals surface area contributed by atoms with E-state index in [0.717, 1.165) is 10.9 Å². The van der Waals surface area contributed by atoms with Crippen LogP contribution in [-0.2, 0) is 6.54 Å². The Bertz CT molecular complexity index is 802. The molecule has 0 radical (unpaired) electrons. The van der Waals surface area contributed by atoms with Crippen molar-refractivity contribution in [3.8, 4) is 10.8 Å². The topological polar surface area (TPSA) is 68.0 Å². The number of thiophene rings is 1. The van der Waals surface area contributed by atoms with E-state index in [9.17, 15) is 13.6 Å². The van der Waals surface area contributed by atoms with E-state index >= 15 is 0 Å². The van der Waals surface area contributed by atoms with Gasteiger partial charge in [0.1, 0.15) is 0 Å². The highest BCUT2D eigenvalue weighted by atomic mass is 32.1. The molecule has 2 heterocycles. The van der Waals surface area contributed by atoms with Crippen LogP contribution in [0.4, 0.5) is 8.78 Å². The van der Waals surface area contributed by atoms with Crippen molar-refractivity contribution in [1.29, 1.82) is 0 Å². The molecule has 0 spiro atoms. The van der Waals surface area contributed by atoms with Crippen LogP contribution in [0.3, 0.4) is 0 Å². The van der Waals surface area contributed by atoms with E-state index in [1.54, 1.807) is 0 Å². The summed E-state index contributed by atoms with van der Waals surface area (Å²) >= 11 is 1.44. The number of carbonyl (C=O) groups is 1. The van der Waals surface area contributed by atoms with Crippen molar-refractivity contribution in [2.24, 2.45) is 0 Å². The lowest BCUT2D eigenvalue weighted by Gasteiger charge is -2.04. The van der Waals surface area contributed by atoms with Crippen molar-refractivity contribution in [3.05, 3.63) is 58.7 Å². The summed E-state index contributed by atoms with van der Waals surface area (Å²) < 4.78 is 31.6. The molecule has 0 atom stereocenters. The summed E-state index contributed by atoms with van der Waals surface area (Å²) in [4.78, 5) is 16.7. The predicted octanol–water partition coefficient (Wildman–Crippen LogP) is 3.01. The molecule has 0 aliphatic rings. The van der Waals surface area contributed by atoms with Gasteiger partial charge < -0.3 is 9.84 Å². The molecule has 0 saturated heterocycles. The maximum atomic E-state index is 13.5. The van der Waals surface area contributed by atoms with Gasteiger partial charge in [0.2, 0.25) is 0 Å². The molecule has 0 aliphatic heterocycles. The van der Waals surface area contributed by atoms with Gasteiger partial charge in [-0.1, -0.05) is 17.3 Å². The molecular formula is C14H9F2N3O2S.